The lowest BCUT2D eigenvalue weighted by Gasteiger charge is -2.15. The van der Waals surface area contributed by atoms with Crippen LogP contribution in [0.1, 0.15) is 53.4 Å². The van der Waals surface area contributed by atoms with Crippen LogP contribution in [0, 0.1) is 13.8 Å². The number of hydrogen-bond acceptors (Lipinski definition) is 5. The summed E-state index contributed by atoms with van der Waals surface area (Å²) >= 11 is 5.96. The molecule has 0 saturated carbocycles. The number of aromatic hydroxyl groups is 1. The molecule has 0 aliphatic rings. The third kappa shape index (κ3) is 8.30. The molecule has 2 rings (SSSR count). The highest BCUT2D eigenvalue weighted by Gasteiger charge is 2.32. The van der Waals surface area contributed by atoms with Crippen LogP contribution in [0.25, 0.3) is 0 Å². The summed E-state index contributed by atoms with van der Waals surface area (Å²) in [5.41, 5.74) is 0.284. The van der Waals surface area contributed by atoms with E-state index in [1.807, 2.05) is 13.8 Å². The number of amides is 1. The van der Waals surface area contributed by atoms with Crippen LogP contribution in [0.5, 0.6) is 5.75 Å². The number of ether oxygens (including phenoxy) is 2. The Bertz CT molecular complexity index is 1020. The van der Waals surface area contributed by atoms with Crippen molar-refractivity contribution in [3.05, 3.63) is 57.1 Å². The van der Waals surface area contributed by atoms with E-state index in [-0.39, 0.29) is 58.8 Å². The zero-order valence-corrected chi connectivity index (χ0v) is 20.8. The van der Waals surface area contributed by atoms with Crippen molar-refractivity contribution in [2.45, 2.75) is 47.4 Å². The summed E-state index contributed by atoms with van der Waals surface area (Å²) in [6, 6.07) is 4.78. The first-order chi connectivity index (χ1) is 15.9. The summed E-state index contributed by atoms with van der Waals surface area (Å²) in [7, 11) is 1.48. The van der Waals surface area contributed by atoms with Crippen molar-refractivity contribution < 1.29 is 32.5 Å². The topological polar surface area (TPSA) is 80.2 Å². The third-order valence-electron chi connectivity index (χ3n) is 4.48. The molecule has 0 bridgehead atoms. The van der Waals surface area contributed by atoms with Crippen LogP contribution in [0.3, 0.4) is 0 Å². The molecule has 0 saturated heterocycles. The molecule has 0 aliphatic carbocycles. The van der Waals surface area contributed by atoms with Crippen molar-refractivity contribution in [1.29, 1.82) is 0 Å². The Labute approximate surface area is 202 Å². The summed E-state index contributed by atoms with van der Waals surface area (Å²) in [5.74, 6) is -0.762. The lowest BCUT2D eigenvalue weighted by atomic mass is 10.0. The fraction of sp³-hybridized carbons (Fsp3) is 0.417. The first kappa shape index (κ1) is 29.4. The molecule has 0 spiro atoms. The van der Waals surface area contributed by atoms with Gasteiger partial charge in [-0.15, -0.1) is 0 Å². The molecule has 1 amide bonds. The first-order valence-corrected chi connectivity index (χ1v) is 10.9. The summed E-state index contributed by atoms with van der Waals surface area (Å²) in [6.07, 6.45) is -4.53. The molecule has 188 valence electrons. The van der Waals surface area contributed by atoms with Gasteiger partial charge in [-0.05, 0) is 56.2 Å². The third-order valence-corrected chi connectivity index (χ3v) is 4.70. The molecule has 0 aliphatic heterocycles. The van der Waals surface area contributed by atoms with Crippen molar-refractivity contribution in [2.75, 3.05) is 20.3 Å². The number of alkyl halides is 3. The van der Waals surface area contributed by atoms with Gasteiger partial charge in [0.1, 0.15) is 11.6 Å². The fourth-order valence-corrected chi connectivity index (χ4v) is 3.22. The van der Waals surface area contributed by atoms with E-state index in [0.717, 1.165) is 12.1 Å². The summed E-state index contributed by atoms with van der Waals surface area (Å²) in [5, 5.41) is 12.9. The van der Waals surface area contributed by atoms with Crippen molar-refractivity contribution in [1.82, 2.24) is 5.32 Å². The molecule has 6 nitrogen and oxygen atoms in total. The van der Waals surface area contributed by atoms with Crippen LogP contribution >= 0.6 is 11.6 Å². The Morgan fingerprint density at radius 1 is 1.12 bits per heavy atom. The maximum absolute atomic E-state index is 13.3. The van der Waals surface area contributed by atoms with Gasteiger partial charge in [0.2, 0.25) is 0 Å². The molecule has 0 atom stereocenters. The van der Waals surface area contributed by atoms with E-state index in [0.29, 0.717) is 5.56 Å². The quantitative estimate of drug-likeness (QED) is 0.262. The highest BCUT2D eigenvalue weighted by Crippen LogP contribution is 2.35. The number of carbonyl (C=O) groups is 1. The van der Waals surface area contributed by atoms with Gasteiger partial charge < -0.3 is 19.9 Å². The van der Waals surface area contributed by atoms with Crippen LogP contribution < -0.4 is 5.32 Å². The molecule has 2 N–H and O–H groups in total. The molecular formula is C24H30ClF3N2O4. The number of benzene rings is 2. The zero-order valence-electron chi connectivity index (χ0n) is 20.1. The van der Waals surface area contributed by atoms with Crippen molar-refractivity contribution in [3.63, 3.8) is 0 Å². The molecule has 0 unspecified atom stereocenters. The summed E-state index contributed by atoms with van der Waals surface area (Å²) < 4.78 is 50.1. The summed E-state index contributed by atoms with van der Waals surface area (Å²) in [4.78, 5) is 16.9. The smallest absolute Gasteiger partial charge is 0.416 e. The van der Waals surface area contributed by atoms with E-state index in [1.165, 1.54) is 33.1 Å². The molecule has 0 radical (unpaired) electrons. The monoisotopic (exact) mass is 502 g/mol. The van der Waals surface area contributed by atoms with Crippen LogP contribution in [0.4, 0.5) is 18.9 Å². The summed E-state index contributed by atoms with van der Waals surface area (Å²) in [6.45, 7) is 8.93. The molecular weight excluding hydrogens is 473 g/mol. The van der Waals surface area contributed by atoms with Gasteiger partial charge in [-0.3, -0.25) is 4.79 Å². The highest BCUT2D eigenvalue weighted by molar-refractivity contribution is 6.31. The number of aliphatic imine (C=N–C) groups is 1. The van der Waals surface area contributed by atoms with Gasteiger partial charge in [-0.2, -0.15) is 13.2 Å². The van der Waals surface area contributed by atoms with Gasteiger partial charge >= 0.3 is 6.18 Å². The Morgan fingerprint density at radius 2 is 1.76 bits per heavy atom. The lowest BCUT2D eigenvalue weighted by molar-refractivity contribution is -0.137. The number of nitrogens with one attached hydrogen (secondary N) is 1. The molecule has 0 heterocycles. The number of amidine groups is 1. The highest BCUT2D eigenvalue weighted by atomic mass is 35.5. The number of hydrogen-bond donors (Lipinski definition) is 2. The van der Waals surface area contributed by atoms with Crippen molar-refractivity contribution in [3.8, 4) is 5.75 Å². The maximum atomic E-state index is 13.3. The van der Waals surface area contributed by atoms with E-state index >= 15 is 0 Å². The van der Waals surface area contributed by atoms with Gasteiger partial charge in [-0.1, -0.05) is 25.4 Å². The minimum atomic E-state index is -4.53. The van der Waals surface area contributed by atoms with Crippen molar-refractivity contribution >= 4 is 29.0 Å². The number of phenols is 1. The van der Waals surface area contributed by atoms with Gasteiger partial charge in [0.25, 0.3) is 5.91 Å². The average Bonchev–Trinajstić information content (AvgIpc) is 2.76. The van der Waals surface area contributed by atoms with Crippen LogP contribution in [0.15, 0.2) is 29.3 Å². The Balaban J connectivity index is 0.00000281. The van der Waals surface area contributed by atoms with E-state index in [9.17, 15) is 23.1 Å². The molecule has 2 aromatic carbocycles. The zero-order chi connectivity index (χ0) is 26.1. The minimum Gasteiger partial charge on any atom is -0.507 e. The normalized spacial score (nSPS) is 11.6. The molecule has 2 aromatic rings. The van der Waals surface area contributed by atoms with Gasteiger partial charge in [0, 0.05) is 17.7 Å². The predicted molar refractivity (Wildman–Crippen MR) is 127 cm³/mol. The molecule has 34 heavy (non-hydrogen) atoms. The number of rotatable bonds is 7. The SMILES string of the molecule is CC.COCCOCc1cc(C(F)(F)F)cc(C)c1N=C(C)NC(=O)c1cc(Cl)cc(C)c1O. The number of phenolic OH excluding ortho intramolecular Hbond substituents is 1. The molecule has 0 fully saturated rings. The van der Waals surface area contributed by atoms with E-state index in [1.54, 1.807) is 6.92 Å². The fourth-order valence-electron chi connectivity index (χ4n) is 2.95. The van der Waals surface area contributed by atoms with Gasteiger partial charge in [0.05, 0.1) is 36.6 Å². The number of carbonyl (C=O) groups excluding carboxylic acids is 1. The van der Waals surface area contributed by atoms with E-state index < -0.39 is 17.6 Å². The predicted octanol–water partition coefficient (Wildman–Crippen LogP) is 6.35. The van der Waals surface area contributed by atoms with E-state index in [2.05, 4.69) is 10.3 Å². The number of methoxy groups -OCH3 is 1. The standard InChI is InChI=1S/C22H24ClF3N2O4.C2H6/c1-12-7-16(22(24,25)26)9-15(11-32-6-5-31-4)19(12)27-14(3)28-21(30)18-10-17(23)8-13(2)20(18)29;1-2/h7-10,29H,5-6,11H2,1-4H3,(H,27,28,30);1-2H3. The van der Waals surface area contributed by atoms with E-state index in [4.69, 9.17) is 21.1 Å². The number of halogens is 4. The Kier molecular flexibility index (Phi) is 11.5. The maximum Gasteiger partial charge on any atom is 0.416 e. The molecule has 10 heteroatoms. The number of nitrogens with zero attached hydrogens (tertiary/aromatic N) is 1. The van der Waals surface area contributed by atoms with Crippen LogP contribution in [0.2, 0.25) is 5.02 Å². The molecule has 0 aromatic heterocycles. The average molecular weight is 503 g/mol. The largest absolute Gasteiger partial charge is 0.507 e. The Hall–Kier alpha value is -2.62. The second-order valence-electron chi connectivity index (χ2n) is 7.11. The second-order valence-corrected chi connectivity index (χ2v) is 7.55. The second kappa shape index (κ2) is 13.3. The Morgan fingerprint density at radius 3 is 2.35 bits per heavy atom. The van der Waals surface area contributed by atoms with Gasteiger partial charge in [-0.25, -0.2) is 4.99 Å². The lowest BCUT2D eigenvalue weighted by Crippen LogP contribution is -2.28. The van der Waals surface area contributed by atoms with Gasteiger partial charge in [0.15, 0.2) is 0 Å². The van der Waals surface area contributed by atoms with Crippen LogP contribution in [-0.4, -0.2) is 37.2 Å². The first-order valence-electron chi connectivity index (χ1n) is 10.6. The number of aryl methyl sites for hydroxylation is 2. The minimum absolute atomic E-state index is 0.0446. The van der Waals surface area contributed by atoms with Crippen molar-refractivity contribution in [2.24, 2.45) is 4.99 Å². The van der Waals surface area contributed by atoms with Crippen LogP contribution in [-0.2, 0) is 22.3 Å².